The van der Waals surface area contributed by atoms with Crippen LogP contribution in [0.15, 0.2) is 24.3 Å². The molecule has 0 unspecified atom stereocenters. The summed E-state index contributed by atoms with van der Waals surface area (Å²) in [5.74, 6) is 1.20. The molecule has 1 fully saturated rings. The Balaban J connectivity index is 1.44. The van der Waals surface area contributed by atoms with Crippen molar-refractivity contribution in [3.8, 4) is 0 Å². The number of fused-ring (bicyclic) bond motifs is 1. The van der Waals surface area contributed by atoms with Gasteiger partial charge in [-0.05, 0) is 62.7 Å². The SMILES string of the molecule is CN(C)C[C@H]1CCN(C(=O)NC[C@H]2CCc3ccccc3C2)C1. The summed E-state index contributed by atoms with van der Waals surface area (Å²) in [6, 6.07) is 8.84. The van der Waals surface area contributed by atoms with E-state index >= 15 is 0 Å². The maximum Gasteiger partial charge on any atom is 0.317 e. The number of hydrogen-bond acceptors (Lipinski definition) is 2. The molecule has 1 saturated heterocycles. The molecule has 0 saturated carbocycles. The van der Waals surface area contributed by atoms with Crippen molar-refractivity contribution in [3.63, 3.8) is 0 Å². The first-order valence-corrected chi connectivity index (χ1v) is 8.86. The third kappa shape index (κ3) is 4.25. The quantitative estimate of drug-likeness (QED) is 0.926. The summed E-state index contributed by atoms with van der Waals surface area (Å²) >= 11 is 0. The van der Waals surface area contributed by atoms with Gasteiger partial charge in [-0.15, -0.1) is 0 Å². The molecular formula is C19H29N3O. The Bertz CT molecular complexity index is 543. The molecule has 23 heavy (non-hydrogen) atoms. The predicted molar refractivity (Wildman–Crippen MR) is 93.6 cm³/mol. The normalized spacial score (nSPS) is 23.9. The maximum atomic E-state index is 12.4. The molecule has 1 N–H and O–H groups in total. The van der Waals surface area contributed by atoms with Crippen molar-refractivity contribution in [1.29, 1.82) is 0 Å². The first-order valence-electron chi connectivity index (χ1n) is 8.86. The summed E-state index contributed by atoms with van der Waals surface area (Å²) in [5, 5.41) is 3.17. The minimum absolute atomic E-state index is 0.130. The minimum Gasteiger partial charge on any atom is -0.338 e. The lowest BCUT2D eigenvalue weighted by atomic mass is 9.84. The fourth-order valence-corrected chi connectivity index (χ4v) is 3.97. The number of likely N-dealkylation sites (tertiary alicyclic amines) is 1. The average molecular weight is 315 g/mol. The molecule has 1 aromatic carbocycles. The van der Waals surface area contributed by atoms with Crippen LogP contribution in [0.2, 0.25) is 0 Å². The summed E-state index contributed by atoms with van der Waals surface area (Å²) in [5.41, 5.74) is 2.95. The van der Waals surface area contributed by atoms with Gasteiger partial charge in [-0.3, -0.25) is 0 Å². The molecule has 2 amide bonds. The second kappa shape index (κ2) is 7.35. The highest BCUT2D eigenvalue weighted by molar-refractivity contribution is 5.74. The van der Waals surface area contributed by atoms with E-state index in [2.05, 4.69) is 48.6 Å². The molecular weight excluding hydrogens is 286 g/mol. The standard InChI is InChI=1S/C19H29N3O/c1-21(2)13-16-9-10-22(14-16)19(23)20-12-15-7-8-17-5-3-4-6-18(17)11-15/h3-6,15-16H,7-14H2,1-2H3,(H,20,23)/t15-,16+/m0/s1. The van der Waals surface area contributed by atoms with Gasteiger partial charge >= 0.3 is 6.03 Å². The van der Waals surface area contributed by atoms with E-state index in [4.69, 9.17) is 0 Å². The summed E-state index contributed by atoms with van der Waals surface area (Å²) in [6.45, 7) is 3.68. The van der Waals surface area contributed by atoms with E-state index < -0.39 is 0 Å². The first-order chi connectivity index (χ1) is 11.1. The van der Waals surface area contributed by atoms with Crippen LogP contribution in [0.25, 0.3) is 0 Å². The van der Waals surface area contributed by atoms with Crippen LogP contribution in [-0.2, 0) is 12.8 Å². The number of carbonyl (C=O) groups is 1. The van der Waals surface area contributed by atoms with Gasteiger partial charge in [0.05, 0.1) is 0 Å². The Kier molecular flexibility index (Phi) is 5.21. The van der Waals surface area contributed by atoms with Gasteiger partial charge in [0, 0.05) is 26.2 Å². The molecule has 0 bridgehead atoms. The van der Waals surface area contributed by atoms with E-state index in [1.54, 1.807) is 0 Å². The molecule has 3 rings (SSSR count). The zero-order valence-corrected chi connectivity index (χ0v) is 14.4. The number of hydrogen-bond donors (Lipinski definition) is 1. The highest BCUT2D eigenvalue weighted by Crippen LogP contribution is 2.25. The van der Waals surface area contributed by atoms with Crippen LogP contribution in [0.5, 0.6) is 0 Å². The van der Waals surface area contributed by atoms with Crippen molar-refractivity contribution < 1.29 is 4.79 Å². The number of nitrogens with one attached hydrogen (secondary N) is 1. The summed E-state index contributed by atoms with van der Waals surface area (Å²) in [4.78, 5) is 16.6. The molecule has 2 atom stereocenters. The topological polar surface area (TPSA) is 35.6 Å². The summed E-state index contributed by atoms with van der Waals surface area (Å²) in [6.07, 6.45) is 4.55. The Morgan fingerprint density at radius 2 is 2.00 bits per heavy atom. The molecule has 0 radical (unpaired) electrons. The molecule has 0 spiro atoms. The highest BCUT2D eigenvalue weighted by atomic mass is 16.2. The molecule has 4 heteroatoms. The Labute approximate surface area is 139 Å². The van der Waals surface area contributed by atoms with Crippen LogP contribution in [0.1, 0.15) is 24.0 Å². The van der Waals surface area contributed by atoms with Crippen LogP contribution < -0.4 is 5.32 Å². The smallest absolute Gasteiger partial charge is 0.317 e. The molecule has 4 nitrogen and oxygen atoms in total. The van der Waals surface area contributed by atoms with Gasteiger partial charge in [-0.2, -0.15) is 0 Å². The number of aryl methyl sites for hydroxylation is 1. The number of urea groups is 1. The van der Waals surface area contributed by atoms with Gasteiger partial charge in [0.15, 0.2) is 0 Å². The van der Waals surface area contributed by atoms with Crippen LogP contribution in [0.4, 0.5) is 4.79 Å². The van der Waals surface area contributed by atoms with Gasteiger partial charge in [0.25, 0.3) is 0 Å². The second-order valence-corrected chi connectivity index (χ2v) is 7.43. The largest absolute Gasteiger partial charge is 0.338 e. The Morgan fingerprint density at radius 1 is 1.22 bits per heavy atom. The number of rotatable bonds is 4. The highest BCUT2D eigenvalue weighted by Gasteiger charge is 2.27. The molecule has 0 aromatic heterocycles. The van der Waals surface area contributed by atoms with Crippen molar-refractivity contribution in [3.05, 3.63) is 35.4 Å². The van der Waals surface area contributed by atoms with Crippen LogP contribution in [0.3, 0.4) is 0 Å². The van der Waals surface area contributed by atoms with Gasteiger partial charge in [-0.1, -0.05) is 24.3 Å². The number of benzene rings is 1. The lowest BCUT2D eigenvalue weighted by Gasteiger charge is -2.26. The fourth-order valence-electron chi connectivity index (χ4n) is 3.97. The first kappa shape index (κ1) is 16.3. The third-order valence-corrected chi connectivity index (χ3v) is 5.19. The summed E-state index contributed by atoms with van der Waals surface area (Å²) < 4.78 is 0. The van der Waals surface area contributed by atoms with E-state index in [0.29, 0.717) is 11.8 Å². The predicted octanol–water partition coefficient (Wildman–Crippen LogP) is 2.38. The zero-order valence-electron chi connectivity index (χ0n) is 14.4. The van der Waals surface area contributed by atoms with Crippen molar-refractivity contribution in [2.45, 2.75) is 25.7 Å². The molecule has 1 aliphatic carbocycles. The zero-order chi connectivity index (χ0) is 16.2. The van der Waals surface area contributed by atoms with Crippen molar-refractivity contribution in [2.75, 3.05) is 40.3 Å². The van der Waals surface area contributed by atoms with Crippen LogP contribution in [0, 0.1) is 11.8 Å². The van der Waals surface area contributed by atoms with E-state index in [0.717, 1.165) is 45.4 Å². The molecule has 1 aliphatic heterocycles. The molecule has 126 valence electrons. The Hall–Kier alpha value is -1.55. The van der Waals surface area contributed by atoms with E-state index in [1.807, 2.05) is 4.90 Å². The van der Waals surface area contributed by atoms with E-state index in [9.17, 15) is 4.79 Å². The minimum atomic E-state index is 0.130. The third-order valence-electron chi connectivity index (χ3n) is 5.19. The average Bonchev–Trinajstić information content (AvgIpc) is 3.00. The Morgan fingerprint density at radius 3 is 2.78 bits per heavy atom. The van der Waals surface area contributed by atoms with Gasteiger partial charge in [0.1, 0.15) is 0 Å². The second-order valence-electron chi connectivity index (χ2n) is 7.43. The van der Waals surface area contributed by atoms with Crippen molar-refractivity contribution >= 4 is 6.03 Å². The van der Waals surface area contributed by atoms with Gasteiger partial charge in [-0.25, -0.2) is 4.79 Å². The van der Waals surface area contributed by atoms with Crippen LogP contribution in [-0.4, -0.2) is 56.1 Å². The van der Waals surface area contributed by atoms with Crippen molar-refractivity contribution in [1.82, 2.24) is 15.1 Å². The maximum absolute atomic E-state index is 12.4. The lowest BCUT2D eigenvalue weighted by Crippen LogP contribution is -2.41. The van der Waals surface area contributed by atoms with Crippen molar-refractivity contribution in [2.24, 2.45) is 11.8 Å². The van der Waals surface area contributed by atoms with Gasteiger partial charge < -0.3 is 15.1 Å². The number of carbonyl (C=O) groups excluding carboxylic acids is 1. The van der Waals surface area contributed by atoms with E-state index in [1.165, 1.54) is 17.5 Å². The van der Waals surface area contributed by atoms with Crippen LogP contribution >= 0.6 is 0 Å². The lowest BCUT2D eigenvalue weighted by molar-refractivity contribution is 0.203. The monoisotopic (exact) mass is 315 g/mol. The molecule has 2 aliphatic rings. The summed E-state index contributed by atoms with van der Waals surface area (Å²) in [7, 11) is 4.20. The van der Waals surface area contributed by atoms with Gasteiger partial charge in [0.2, 0.25) is 0 Å². The molecule has 1 heterocycles. The molecule has 1 aromatic rings. The number of nitrogens with zero attached hydrogens (tertiary/aromatic N) is 2. The fraction of sp³-hybridized carbons (Fsp3) is 0.632. The number of amides is 2. The van der Waals surface area contributed by atoms with E-state index in [-0.39, 0.29) is 6.03 Å².